The van der Waals surface area contributed by atoms with Crippen molar-refractivity contribution in [1.29, 1.82) is 0 Å². The van der Waals surface area contributed by atoms with E-state index in [2.05, 4.69) is 0 Å². The van der Waals surface area contributed by atoms with Crippen molar-refractivity contribution >= 4 is 0 Å². The third-order valence-corrected chi connectivity index (χ3v) is 2.81. The Morgan fingerprint density at radius 3 is 2.56 bits per heavy atom. The molecule has 0 aliphatic heterocycles. The van der Waals surface area contributed by atoms with E-state index in [4.69, 9.17) is 10.5 Å². The van der Waals surface area contributed by atoms with Crippen molar-refractivity contribution in [2.24, 2.45) is 5.73 Å². The molecular weight excluding hydrogens is 229 g/mol. The molecule has 0 unspecified atom stereocenters. The molecule has 0 amide bonds. The quantitative estimate of drug-likeness (QED) is 0.892. The van der Waals surface area contributed by atoms with Crippen molar-refractivity contribution in [1.82, 2.24) is 0 Å². The fraction of sp³-hybridized carbons (Fsp3) is 0.200. The number of halogens is 1. The zero-order chi connectivity index (χ0) is 13.0. The molecule has 0 radical (unpaired) electrons. The second-order valence-electron chi connectivity index (χ2n) is 4.03. The molecule has 0 saturated heterocycles. The number of para-hydroxylation sites is 1. The molecular formula is C15H16FNO. The molecule has 18 heavy (non-hydrogen) atoms. The Balaban J connectivity index is 2.28. The van der Waals surface area contributed by atoms with Crippen molar-refractivity contribution in [3.8, 4) is 11.5 Å². The summed E-state index contributed by atoms with van der Waals surface area (Å²) in [5, 5.41) is 0. The van der Waals surface area contributed by atoms with E-state index in [1.54, 1.807) is 12.1 Å². The van der Waals surface area contributed by atoms with Crippen LogP contribution in [0.3, 0.4) is 0 Å². The molecule has 2 aromatic carbocycles. The minimum absolute atomic E-state index is 0.230. The van der Waals surface area contributed by atoms with Crippen LogP contribution in [-0.2, 0) is 13.0 Å². The van der Waals surface area contributed by atoms with Crippen LogP contribution in [0.5, 0.6) is 11.5 Å². The predicted molar refractivity (Wildman–Crippen MR) is 70.2 cm³/mol. The molecule has 0 atom stereocenters. The summed E-state index contributed by atoms with van der Waals surface area (Å²) in [6, 6.07) is 12.4. The second kappa shape index (κ2) is 5.65. The summed E-state index contributed by atoms with van der Waals surface area (Å²) < 4.78 is 19.4. The predicted octanol–water partition coefficient (Wildman–Crippen LogP) is 3.64. The summed E-state index contributed by atoms with van der Waals surface area (Å²) in [5.41, 5.74) is 7.27. The Morgan fingerprint density at radius 1 is 1.11 bits per heavy atom. The average Bonchev–Trinajstić information content (AvgIpc) is 2.41. The zero-order valence-electron chi connectivity index (χ0n) is 10.3. The molecule has 2 aromatic rings. The summed E-state index contributed by atoms with van der Waals surface area (Å²) >= 11 is 0. The van der Waals surface area contributed by atoms with Crippen LogP contribution in [0.4, 0.5) is 4.39 Å². The summed E-state index contributed by atoms with van der Waals surface area (Å²) in [6.45, 7) is 2.36. The van der Waals surface area contributed by atoms with Gasteiger partial charge in [0.1, 0.15) is 5.75 Å². The topological polar surface area (TPSA) is 35.2 Å². The van der Waals surface area contributed by atoms with E-state index in [0.717, 1.165) is 17.5 Å². The van der Waals surface area contributed by atoms with Crippen molar-refractivity contribution in [3.05, 3.63) is 59.4 Å². The number of ether oxygens (including phenoxy) is 1. The summed E-state index contributed by atoms with van der Waals surface area (Å²) in [6.07, 6.45) is 0.846. The van der Waals surface area contributed by atoms with Crippen LogP contribution in [0.15, 0.2) is 42.5 Å². The van der Waals surface area contributed by atoms with Gasteiger partial charge in [-0.3, -0.25) is 0 Å². The lowest BCUT2D eigenvalue weighted by Crippen LogP contribution is -1.98. The van der Waals surface area contributed by atoms with E-state index in [0.29, 0.717) is 12.3 Å². The Hall–Kier alpha value is -1.87. The van der Waals surface area contributed by atoms with E-state index in [1.165, 1.54) is 6.07 Å². The molecule has 94 valence electrons. The first-order chi connectivity index (χ1) is 8.74. The molecule has 0 aliphatic carbocycles. The summed E-state index contributed by atoms with van der Waals surface area (Å²) in [5.74, 6) is 0.538. The van der Waals surface area contributed by atoms with E-state index in [9.17, 15) is 4.39 Å². The Labute approximate surface area is 106 Å². The largest absolute Gasteiger partial charge is 0.454 e. The summed E-state index contributed by atoms with van der Waals surface area (Å²) in [4.78, 5) is 0. The minimum Gasteiger partial charge on any atom is -0.454 e. The lowest BCUT2D eigenvalue weighted by Gasteiger charge is -2.11. The SMILES string of the molecule is CCc1ccccc1Oc1ccc(CN)cc1F. The number of hydrogen-bond acceptors (Lipinski definition) is 2. The van der Waals surface area contributed by atoms with Crippen LogP contribution < -0.4 is 10.5 Å². The van der Waals surface area contributed by atoms with Gasteiger partial charge in [0.25, 0.3) is 0 Å². The number of rotatable bonds is 4. The molecule has 2 N–H and O–H groups in total. The average molecular weight is 245 g/mol. The Morgan fingerprint density at radius 2 is 1.89 bits per heavy atom. The lowest BCUT2D eigenvalue weighted by atomic mass is 10.1. The van der Waals surface area contributed by atoms with Gasteiger partial charge >= 0.3 is 0 Å². The molecule has 0 fully saturated rings. The summed E-state index contributed by atoms with van der Waals surface area (Å²) in [7, 11) is 0. The van der Waals surface area contributed by atoms with Crippen LogP contribution in [0.1, 0.15) is 18.1 Å². The van der Waals surface area contributed by atoms with Gasteiger partial charge < -0.3 is 10.5 Å². The van der Waals surface area contributed by atoms with Gasteiger partial charge in [-0.15, -0.1) is 0 Å². The van der Waals surface area contributed by atoms with Crippen molar-refractivity contribution in [2.45, 2.75) is 19.9 Å². The lowest BCUT2D eigenvalue weighted by molar-refractivity contribution is 0.437. The maximum absolute atomic E-state index is 13.8. The van der Waals surface area contributed by atoms with E-state index < -0.39 is 0 Å². The smallest absolute Gasteiger partial charge is 0.166 e. The Bertz CT molecular complexity index is 540. The first-order valence-electron chi connectivity index (χ1n) is 5.99. The number of hydrogen-bond donors (Lipinski definition) is 1. The molecule has 0 heterocycles. The van der Waals surface area contributed by atoms with Gasteiger partial charge in [-0.25, -0.2) is 4.39 Å². The molecule has 0 aliphatic rings. The van der Waals surface area contributed by atoms with Gasteiger partial charge in [-0.05, 0) is 35.7 Å². The normalized spacial score (nSPS) is 10.4. The molecule has 0 spiro atoms. The maximum atomic E-state index is 13.8. The van der Waals surface area contributed by atoms with Gasteiger partial charge in [0.2, 0.25) is 0 Å². The number of benzene rings is 2. The van der Waals surface area contributed by atoms with Crippen molar-refractivity contribution < 1.29 is 9.13 Å². The van der Waals surface area contributed by atoms with E-state index in [1.807, 2.05) is 31.2 Å². The van der Waals surface area contributed by atoms with Crippen molar-refractivity contribution in [2.75, 3.05) is 0 Å². The number of aryl methyl sites for hydroxylation is 1. The highest BCUT2D eigenvalue weighted by Crippen LogP contribution is 2.28. The first kappa shape index (κ1) is 12.6. The van der Waals surface area contributed by atoms with Gasteiger partial charge in [-0.1, -0.05) is 31.2 Å². The fourth-order valence-corrected chi connectivity index (χ4v) is 1.77. The monoisotopic (exact) mass is 245 g/mol. The minimum atomic E-state index is -0.385. The molecule has 2 rings (SSSR count). The van der Waals surface area contributed by atoms with E-state index in [-0.39, 0.29) is 11.6 Å². The molecule has 2 nitrogen and oxygen atoms in total. The van der Waals surface area contributed by atoms with E-state index >= 15 is 0 Å². The maximum Gasteiger partial charge on any atom is 0.166 e. The van der Waals surface area contributed by atoms with Gasteiger partial charge in [0.05, 0.1) is 0 Å². The standard InChI is InChI=1S/C15H16FNO/c1-2-12-5-3-4-6-14(12)18-15-8-7-11(10-17)9-13(15)16/h3-9H,2,10,17H2,1H3. The van der Waals surface area contributed by atoms with Gasteiger partial charge in [0, 0.05) is 6.54 Å². The van der Waals surface area contributed by atoms with Gasteiger partial charge in [-0.2, -0.15) is 0 Å². The first-order valence-corrected chi connectivity index (χ1v) is 5.99. The van der Waals surface area contributed by atoms with Crippen molar-refractivity contribution in [3.63, 3.8) is 0 Å². The molecule has 0 bridgehead atoms. The zero-order valence-corrected chi connectivity index (χ0v) is 10.3. The molecule has 0 aromatic heterocycles. The highest BCUT2D eigenvalue weighted by Gasteiger charge is 2.07. The highest BCUT2D eigenvalue weighted by atomic mass is 19.1. The van der Waals surface area contributed by atoms with Gasteiger partial charge in [0.15, 0.2) is 11.6 Å². The van der Waals surface area contributed by atoms with Crippen LogP contribution in [0, 0.1) is 5.82 Å². The highest BCUT2D eigenvalue weighted by molar-refractivity contribution is 5.39. The fourth-order valence-electron chi connectivity index (χ4n) is 1.77. The van der Waals surface area contributed by atoms with Crippen LogP contribution in [0.25, 0.3) is 0 Å². The van der Waals surface area contributed by atoms with Crippen LogP contribution in [-0.4, -0.2) is 0 Å². The third-order valence-electron chi connectivity index (χ3n) is 2.81. The third kappa shape index (κ3) is 2.68. The second-order valence-corrected chi connectivity index (χ2v) is 4.03. The molecule has 0 saturated carbocycles. The molecule has 3 heteroatoms. The van der Waals surface area contributed by atoms with Crippen LogP contribution in [0.2, 0.25) is 0 Å². The Kier molecular flexibility index (Phi) is 3.95. The number of nitrogens with two attached hydrogens (primary N) is 1. The van der Waals surface area contributed by atoms with Crippen LogP contribution >= 0.6 is 0 Å².